The van der Waals surface area contributed by atoms with Gasteiger partial charge >= 0.3 is 0 Å². The molecule has 1 aromatic rings. The van der Waals surface area contributed by atoms with E-state index in [1.807, 2.05) is 19.9 Å². The Bertz CT molecular complexity index is 552. The SMILES string of the molecule is CCC(C)(CO)CNc1ccc(C)c(S(=O)(=O)NC)c1. The average molecular weight is 300 g/mol. The highest BCUT2D eigenvalue weighted by Gasteiger charge is 2.21. The summed E-state index contributed by atoms with van der Waals surface area (Å²) in [6.07, 6.45) is 0.837. The summed E-state index contributed by atoms with van der Waals surface area (Å²) in [5, 5.41) is 12.6. The van der Waals surface area contributed by atoms with E-state index in [4.69, 9.17) is 0 Å². The highest BCUT2D eigenvalue weighted by molar-refractivity contribution is 7.89. The van der Waals surface area contributed by atoms with Crippen LogP contribution in [0.3, 0.4) is 0 Å². The molecule has 0 aliphatic carbocycles. The van der Waals surface area contributed by atoms with E-state index in [1.54, 1.807) is 19.1 Å². The van der Waals surface area contributed by atoms with Crippen molar-refractivity contribution in [1.29, 1.82) is 0 Å². The van der Waals surface area contributed by atoms with Crippen LogP contribution in [0.1, 0.15) is 25.8 Å². The van der Waals surface area contributed by atoms with E-state index in [9.17, 15) is 13.5 Å². The summed E-state index contributed by atoms with van der Waals surface area (Å²) in [6, 6.07) is 5.24. The van der Waals surface area contributed by atoms with Crippen molar-refractivity contribution < 1.29 is 13.5 Å². The fourth-order valence-corrected chi connectivity index (χ4v) is 2.71. The van der Waals surface area contributed by atoms with Crippen molar-refractivity contribution >= 4 is 15.7 Å². The maximum Gasteiger partial charge on any atom is 0.240 e. The first kappa shape index (κ1) is 16.9. The molecule has 6 heteroatoms. The molecule has 0 amide bonds. The lowest BCUT2D eigenvalue weighted by molar-refractivity contribution is 0.149. The lowest BCUT2D eigenvalue weighted by Crippen LogP contribution is -2.29. The molecule has 1 rings (SSSR count). The van der Waals surface area contributed by atoms with Crippen molar-refractivity contribution in [1.82, 2.24) is 4.72 Å². The molecule has 5 nitrogen and oxygen atoms in total. The van der Waals surface area contributed by atoms with Gasteiger partial charge in [-0.25, -0.2) is 13.1 Å². The molecule has 1 aromatic carbocycles. The Kier molecular flexibility index (Phi) is 5.56. The van der Waals surface area contributed by atoms with Crippen LogP contribution in [0.2, 0.25) is 0 Å². The van der Waals surface area contributed by atoms with E-state index in [1.165, 1.54) is 7.05 Å². The normalized spacial score (nSPS) is 14.8. The second-order valence-electron chi connectivity index (χ2n) is 5.36. The van der Waals surface area contributed by atoms with Crippen molar-refractivity contribution in [3.63, 3.8) is 0 Å². The van der Waals surface area contributed by atoms with Crippen molar-refractivity contribution in [2.75, 3.05) is 25.5 Å². The fourth-order valence-electron chi connectivity index (χ4n) is 1.72. The number of hydrogen-bond donors (Lipinski definition) is 3. The minimum Gasteiger partial charge on any atom is -0.396 e. The molecule has 0 bridgehead atoms. The first-order chi connectivity index (χ1) is 9.28. The molecule has 3 N–H and O–H groups in total. The van der Waals surface area contributed by atoms with Gasteiger partial charge in [0.1, 0.15) is 0 Å². The zero-order valence-electron chi connectivity index (χ0n) is 12.5. The van der Waals surface area contributed by atoms with E-state index in [-0.39, 0.29) is 16.9 Å². The predicted octanol–water partition coefficient (Wildman–Crippen LogP) is 1.72. The number of anilines is 1. The summed E-state index contributed by atoms with van der Waals surface area (Å²) in [4.78, 5) is 0.271. The van der Waals surface area contributed by atoms with E-state index in [0.717, 1.165) is 12.1 Å². The monoisotopic (exact) mass is 300 g/mol. The first-order valence-electron chi connectivity index (χ1n) is 6.67. The van der Waals surface area contributed by atoms with Crippen LogP contribution in [-0.2, 0) is 10.0 Å². The number of aliphatic hydroxyl groups excluding tert-OH is 1. The predicted molar refractivity (Wildman–Crippen MR) is 81.4 cm³/mol. The van der Waals surface area contributed by atoms with Crippen molar-refractivity contribution in [3.05, 3.63) is 23.8 Å². The van der Waals surface area contributed by atoms with Gasteiger partial charge in [0.15, 0.2) is 0 Å². The third kappa shape index (κ3) is 3.94. The van der Waals surface area contributed by atoms with Crippen LogP contribution < -0.4 is 10.0 Å². The van der Waals surface area contributed by atoms with Gasteiger partial charge in [-0.3, -0.25) is 0 Å². The minimum absolute atomic E-state index is 0.0873. The van der Waals surface area contributed by atoms with Crippen molar-refractivity contribution in [2.45, 2.75) is 32.1 Å². The number of rotatable bonds is 7. The van der Waals surface area contributed by atoms with Gasteiger partial charge in [-0.15, -0.1) is 0 Å². The molecular weight excluding hydrogens is 276 g/mol. The summed E-state index contributed by atoms with van der Waals surface area (Å²) < 4.78 is 26.1. The third-order valence-electron chi connectivity index (χ3n) is 3.70. The molecule has 1 atom stereocenters. The Morgan fingerprint density at radius 3 is 2.50 bits per heavy atom. The van der Waals surface area contributed by atoms with Gasteiger partial charge in [0.05, 0.1) is 11.5 Å². The number of sulfonamides is 1. The molecule has 0 saturated carbocycles. The highest BCUT2D eigenvalue weighted by atomic mass is 32.2. The number of hydrogen-bond acceptors (Lipinski definition) is 4. The van der Waals surface area contributed by atoms with E-state index >= 15 is 0 Å². The lowest BCUT2D eigenvalue weighted by Gasteiger charge is -2.26. The van der Waals surface area contributed by atoms with E-state index in [2.05, 4.69) is 10.0 Å². The zero-order chi connectivity index (χ0) is 15.4. The van der Waals surface area contributed by atoms with E-state index < -0.39 is 10.0 Å². The Morgan fingerprint density at radius 2 is 2.00 bits per heavy atom. The van der Waals surface area contributed by atoms with Gasteiger partial charge in [0.2, 0.25) is 10.0 Å². The molecule has 0 aromatic heterocycles. The first-order valence-corrected chi connectivity index (χ1v) is 8.15. The second-order valence-corrected chi connectivity index (χ2v) is 7.22. The van der Waals surface area contributed by atoms with Crippen LogP contribution in [0.4, 0.5) is 5.69 Å². The van der Waals surface area contributed by atoms with Gasteiger partial charge in [-0.1, -0.05) is 19.9 Å². The molecule has 0 aliphatic rings. The molecule has 0 radical (unpaired) electrons. The molecule has 1 unspecified atom stereocenters. The maximum absolute atomic E-state index is 11.9. The van der Waals surface area contributed by atoms with Crippen LogP contribution in [0.15, 0.2) is 23.1 Å². The van der Waals surface area contributed by atoms with Crippen LogP contribution >= 0.6 is 0 Å². The second kappa shape index (κ2) is 6.56. The number of aliphatic hydroxyl groups is 1. The smallest absolute Gasteiger partial charge is 0.240 e. The van der Waals surface area contributed by atoms with Crippen LogP contribution in [0.5, 0.6) is 0 Å². The largest absolute Gasteiger partial charge is 0.396 e. The fraction of sp³-hybridized carbons (Fsp3) is 0.571. The average Bonchev–Trinajstić information content (AvgIpc) is 2.45. The Morgan fingerprint density at radius 1 is 1.35 bits per heavy atom. The van der Waals surface area contributed by atoms with Crippen LogP contribution in [-0.4, -0.2) is 33.7 Å². The zero-order valence-corrected chi connectivity index (χ0v) is 13.3. The molecular formula is C14H24N2O3S. The van der Waals surface area contributed by atoms with Gasteiger partial charge in [-0.2, -0.15) is 0 Å². The number of aryl methyl sites for hydroxylation is 1. The van der Waals surface area contributed by atoms with E-state index in [0.29, 0.717) is 12.1 Å². The summed E-state index contributed by atoms with van der Waals surface area (Å²) >= 11 is 0. The van der Waals surface area contributed by atoms with Crippen molar-refractivity contribution in [2.24, 2.45) is 5.41 Å². The molecule has 20 heavy (non-hydrogen) atoms. The Hall–Kier alpha value is -1.11. The Labute approximate surface area is 121 Å². The molecule has 0 heterocycles. The summed E-state index contributed by atoms with van der Waals surface area (Å²) in [5.41, 5.74) is 1.22. The van der Waals surface area contributed by atoms with Crippen LogP contribution in [0, 0.1) is 12.3 Å². The summed E-state index contributed by atoms with van der Waals surface area (Å²) in [5.74, 6) is 0. The minimum atomic E-state index is -3.46. The molecule has 0 aliphatic heterocycles. The van der Waals surface area contributed by atoms with Gasteiger partial charge in [-0.05, 0) is 38.1 Å². The standard InChI is InChI=1S/C14H24N2O3S/c1-5-14(3,10-17)9-16-12-7-6-11(2)13(8-12)20(18,19)15-4/h6-8,15-17H,5,9-10H2,1-4H3. The quantitative estimate of drug-likeness (QED) is 0.716. The van der Waals surface area contributed by atoms with Crippen molar-refractivity contribution in [3.8, 4) is 0 Å². The molecule has 114 valence electrons. The Balaban J connectivity index is 2.97. The van der Waals surface area contributed by atoms with Crippen LogP contribution in [0.25, 0.3) is 0 Å². The maximum atomic E-state index is 11.9. The summed E-state index contributed by atoms with van der Waals surface area (Å²) in [6.45, 7) is 6.44. The number of nitrogens with one attached hydrogen (secondary N) is 2. The van der Waals surface area contributed by atoms with Gasteiger partial charge in [0.25, 0.3) is 0 Å². The number of benzene rings is 1. The van der Waals surface area contributed by atoms with Gasteiger partial charge in [0, 0.05) is 17.6 Å². The molecule has 0 fully saturated rings. The topological polar surface area (TPSA) is 78.4 Å². The van der Waals surface area contributed by atoms with Gasteiger partial charge < -0.3 is 10.4 Å². The summed E-state index contributed by atoms with van der Waals surface area (Å²) in [7, 11) is -2.06. The highest BCUT2D eigenvalue weighted by Crippen LogP contribution is 2.23. The molecule has 0 saturated heterocycles. The molecule has 0 spiro atoms. The lowest BCUT2D eigenvalue weighted by atomic mass is 9.88. The third-order valence-corrected chi connectivity index (χ3v) is 5.26.